The maximum atomic E-state index is 13.7. The largest absolute Gasteiger partial charge is 0.457 e. The van der Waals surface area contributed by atoms with Crippen LogP contribution in [0.15, 0.2) is 23.2 Å². The lowest BCUT2D eigenvalue weighted by molar-refractivity contribution is 0.0461. The normalized spacial score (nSPS) is 11.1. The minimum Gasteiger partial charge on any atom is -0.457 e. The average molecular weight is 396 g/mol. The van der Waals surface area contributed by atoms with E-state index >= 15 is 0 Å². The van der Waals surface area contributed by atoms with Crippen molar-refractivity contribution >= 4 is 18.0 Å². The van der Waals surface area contributed by atoms with Gasteiger partial charge in [-0.3, -0.25) is 0 Å². The molecule has 0 aliphatic heterocycles. The zero-order valence-electron chi connectivity index (χ0n) is 15.9. The Kier molecular flexibility index (Phi) is 6.77. The molecular weight excluding hydrogens is 376 g/mol. The second-order valence-electron chi connectivity index (χ2n) is 6.22. The van der Waals surface area contributed by atoms with Gasteiger partial charge in [0.2, 0.25) is 0 Å². The minimum atomic E-state index is -1.59. The van der Waals surface area contributed by atoms with Gasteiger partial charge in [-0.05, 0) is 44.0 Å². The van der Waals surface area contributed by atoms with E-state index in [4.69, 9.17) is 4.74 Å². The maximum Gasteiger partial charge on any atom is 0.338 e. The molecule has 0 saturated heterocycles. The van der Waals surface area contributed by atoms with Crippen molar-refractivity contribution in [2.75, 3.05) is 13.6 Å². The van der Waals surface area contributed by atoms with Gasteiger partial charge in [-0.15, -0.1) is 0 Å². The van der Waals surface area contributed by atoms with E-state index in [2.05, 4.69) is 4.99 Å². The fraction of sp³-hybridized carbons (Fsp3) is 0.300. The van der Waals surface area contributed by atoms with Crippen LogP contribution in [0.25, 0.3) is 0 Å². The summed E-state index contributed by atoms with van der Waals surface area (Å²) >= 11 is 0. The molecule has 0 amide bonds. The van der Waals surface area contributed by atoms with Crippen LogP contribution >= 0.6 is 0 Å². The minimum absolute atomic E-state index is 0.0959. The predicted molar refractivity (Wildman–Crippen MR) is 97.8 cm³/mol. The van der Waals surface area contributed by atoms with Gasteiger partial charge in [-0.2, -0.15) is 0 Å². The van der Waals surface area contributed by atoms with Crippen LogP contribution in [0, 0.1) is 37.1 Å². The standard InChI is InChI=1S/C20H20F4N2O2/c1-5-26(4)10-25-17-7-6-13(11(2)12(17)3)20(27)28-9-14-18(23)15(21)8-16(22)19(14)24/h6-8,10H,5,9H2,1-4H3. The maximum absolute atomic E-state index is 13.7. The molecule has 0 spiro atoms. The number of benzene rings is 2. The predicted octanol–water partition coefficient (Wildman–Crippen LogP) is 4.83. The van der Waals surface area contributed by atoms with Crippen LogP contribution in [-0.2, 0) is 11.3 Å². The molecule has 0 aromatic heterocycles. The Morgan fingerprint density at radius 2 is 1.71 bits per heavy atom. The Hall–Kier alpha value is -2.90. The summed E-state index contributed by atoms with van der Waals surface area (Å²) in [5, 5.41) is 0. The molecule has 8 heteroatoms. The lowest BCUT2D eigenvalue weighted by atomic mass is 10.0. The summed E-state index contributed by atoms with van der Waals surface area (Å²) in [5.41, 5.74) is 1.13. The third kappa shape index (κ3) is 4.49. The van der Waals surface area contributed by atoms with Crippen LogP contribution in [0.5, 0.6) is 0 Å². The SMILES string of the molecule is CCN(C)C=Nc1ccc(C(=O)OCc2c(F)c(F)cc(F)c2F)c(C)c1C. The highest BCUT2D eigenvalue weighted by Gasteiger charge is 2.21. The van der Waals surface area contributed by atoms with Crippen molar-refractivity contribution in [3.63, 3.8) is 0 Å². The number of carbonyl (C=O) groups excluding carboxylic acids is 1. The molecule has 4 nitrogen and oxygen atoms in total. The van der Waals surface area contributed by atoms with E-state index in [9.17, 15) is 22.4 Å². The summed E-state index contributed by atoms with van der Waals surface area (Å²) in [6.45, 7) is 5.26. The van der Waals surface area contributed by atoms with E-state index in [1.807, 2.05) is 18.9 Å². The van der Waals surface area contributed by atoms with Crippen LogP contribution in [-0.4, -0.2) is 30.8 Å². The summed E-state index contributed by atoms with van der Waals surface area (Å²) < 4.78 is 58.7. The summed E-state index contributed by atoms with van der Waals surface area (Å²) in [6, 6.07) is 3.18. The zero-order valence-corrected chi connectivity index (χ0v) is 15.9. The van der Waals surface area contributed by atoms with Gasteiger partial charge in [0.25, 0.3) is 0 Å². The first kappa shape index (κ1) is 21.4. The Balaban J connectivity index is 2.22. The molecule has 2 aromatic rings. The summed E-state index contributed by atoms with van der Waals surface area (Å²) in [4.78, 5) is 18.5. The third-order valence-corrected chi connectivity index (χ3v) is 4.42. The van der Waals surface area contributed by atoms with Crippen LogP contribution < -0.4 is 0 Å². The van der Waals surface area contributed by atoms with Crippen molar-refractivity contribution in [3.05, 3.63) is 63.7 Å². The summed E-state index contributed by atoms with van der Waals surface area (Å²) in [7, 11) is 1.87. The fourth-order valence-corrected chi connectivity index (χ4v) is 2.37. The molecule has 0 heterocycles. The van der Waals surface area contributed by atoms with Crippen LogP contribution in [0.1, 0.15) is 34.0 Å². The number of carbonyl (C=O) groups is 1. The molecule has 0 bridgehead atoms. The zero-order chi connectivity index (χ0) is 21.0. The molecule has 0 aliphatic carbocycles. The van der Waals surface area contributed by atoms with Crippen molar-refractivity contribution in [2.24, 2.45) is 4.99 Å². The van der Waals surface area contributed by atoms with E-state index < -0.39 is 41.4 Å². The van der Waals surface area contributed by atoms with Gasteiger partial charge in [0, 0.05) is 19.7 Å². The Morgan fingerprint density at radius 1 is 1.11 bits per heavy atom. The molecule has 0 atom stereocenters. The van der Waals surface area contributed by atoms with Gasteiger partial charge in [-0.25, -0.2) is 27.3 Å². The van der Waals surface area contributed by atoms with Gasteiger partial charge < -0.3 is 9.64 Å². The van der Waals surface area contributed by atoms with Gasteiger partial charge in [-0.1, -0.05) is 0 Å². The summed E-state index contributed by atoms with van der Waals surface area (Å²) in [6.07, 6.45) is 1.66. The first-order valence-corrected chi connectivity index (χ1v) is 8.50. The Bertz CT molecular complexity index is 903. The average Bonchev–Trinajstić information content (AvgIpc) is 2.67. The molecule has 2 rings (SSSR count). The van der Waals surface area contributed by atoms with Crippen molar-refractivity contribution in [1.82, 2.24) is 4.90 Å². The Morgan fingerprint density at radius 3 is 2.29 bits per heavy atom. The number of aliphatic imine (C=N–C) groups is 1. The molecule has 0 unspecified atom stereocenters. The number of nitrogens with zero attached hydrogens (tertiary/aromatic N) is 2. The van der Waals surface area contributed by atoms with Crippen molar-refractivity contribution in [2.45, 2.75) is 27.4 Å². The molecule has 0 radical (unpaired) electrons. The number of ether oxygens (including phenoxy) is 1. The topological polar surface area (TPSA) is 41.9 Å². The number of hydrogen-bond acceptors (Lipinski definition) is 3. The summed E-state index contributed by atoms with van der Waals surface area (Å²) in [5.74, 6) is -7.17. The second kappa shape index (κ2) is 8.86. The van der Waals surface area contributed by atoms with Crippen LogP contribution in [0.4, 0.5) is 23.2 Å². The van der Waals surface area contributed by atoms with E-state index in [1.165, 1.54) is 6.07 Å². The number of rotatable bonds is 6. The van der Waals surface area contributed by atoms with Gasteiger partial charge in [0.1, 0.15) is 6.61 Å². The van der Waals surface area contributed by atoms with E-state index in [0.29, 0.717) is 11.3 Å². The van der Waals surface area contributed by atoms with Gasteiger partial charge in [0.15, 0.2) is 23.3 Å². The Labute approximate surface area is 160 Å². The highest BCUT2D eigenvalue weighted by atomic mass is 19.2. The van der Waals surface area contributed by atoms with Crippen molar-refractivity contribution in [1.29, 1.82) is 0 Å². The lowest BCUT2D eigenvalue weighted by Gasteiger charge is -2.13. The van der Waals surface area contributed by atoms with Gasteiger partial charge in [0.05, 0.1) is 23.2 Å². The molecule has 0 saturated carbocycles. The smallest absolute Gasteiger partial charge is 0.338 e. The van der Waals surface area contributed by atoms with Crippen LogP contribution in [0.2, 0.25) is 0 Å². The highest BCUT2D eigenvalue weighted by molar-refractivity contribution is 5.92. The second-order valence-corrected chi connectivity index (χ2v) is 6.22. The number of halogens is 4. The van der Waals surface area contributed by atoms with Crippen molar-refractivity contribution < 1.29 is 27.1 Å². The molecule has 28 heavy (non-hydrogen) atoms. The number of hydrogen-bond donors (Lipinski definition) is 0. The first-order valence-electron chi connectivity index (χ1n) is 8.50. The molecular formula is C20H20F4N2O2. The van der Waals surface area contributed by atoms with Crippen LogP contribution in [0.3, 0.4) is 0 Å². The molecule has 0 aliphatic rings. The first-order chi connectivity index (χ1) is 13.2. The number of esters is 1. The van der Waals surface area contributed by atoms with E-state index in [-0.39, 0.29) is 11.6 Å². The van der Waals surface area contributed by atoms with E-state index in [1.54, 1.807) is 26.3 Å². The van der Waals surface area contributed by atoms with Crippen molar-refractivity contribution in [3.8, 4) is 0 Å². The monoisotopic (exact) mass is 396 g/mol. The quantitative estimate of drug-likeness (QED) is 0.231. The molecule has 150 valence electrons. The molecule has 0 fully saturated rings. The fourth-order valence-electron chi connectivity index (χ4n) is 2.37. The highest BCUT2D eigenvalue weighted by Crippen LogP contribution is 2.26. The lowest BCUT2D eigenvalue weighted by Crippen LogP contribution is -2.14. The third-order valence-electron chi connectivity index (χ3n) is 4.42. The molecule has 0 N–H and O–H groups in total. The van der Waals surface area contributed by atoms with E-state index in [0.717, 1.165) is 12.1 Å². The molecule has 2 aromatic carbocycles. The van der Waals surface area contributed by atoms with Gasteiger partial charge >= 0.3 is 5.97 Å².